The van der Waals surface area contributed by atoms with Crippen LogP contribution >= 0.6 is 0 Å². The molecule has 0 bridgehead atoms. The Balaban J connectivity index is 2.16. The number of aromatic nitrogens is 2. The average molecular weight is 385 g/mol. The normalized spacial score (nSPS) is 26.8. The Bertz CT molecular complexity index is 793. The van der Waals surface area contributed by atoms with E-state index >= 15 is 0 Å². The summed E-state index contributed by atoms with van der Waals surface area (Å²) < 4.78 is 20.2. The molecule has 0 radical (unpaired) electrons. The van der Waals surface area contributed by atoms with Gasteiger partial charge in [-0.25, -0.2) is 4.79 Å². The molecule has 0 spiro atoms. The van der Waals surface area contributed by atoms with Gasteiger partial charge in [0.05, 0.1) is 6.10 Å². The molecule has 0 saturated carbocycles. The third-order valence-electron chi connectivity index (χ3n) is 4.29. The van der Waals surface area contributed by atoms with E-state index in [1.54, 1.807) is 6.92 Å². The maximum atomic E-state index is 12.2. The van der Waals surface area contributed by atoms with E-state index in [4.69, 9.17) is 10.8 Å². The standard InChI is InChI=1S/C17H28N4O6/c1-5-11-13(23)14(26-9-12(22)18-6-7-20(3)4)16(27-11)21-8-10(2)15(24)19-17(21)25/h8,11,13-14,16,23H,5-7,9H2,1-4H3,(H,18,22)(H,19,24,25)/t11-,13-,14-,16-/m1/s1/i5D/t5-,11+,13+,14+,16+/m0. The number of H-pyrrole nitrogens is 1. The smallest absolute Gasteiger partial charge is 0.330 e. The molecular formula is C17H28N4O6. The van der Waals surface area contributed by atoms with E-state index in [1.807, 2.05) is 19.0 Å². The van der Waals surface area contributed by atoms with Gasteiger partial charge in [-0.1, -0.05) is 6.92 Å². The second kappa shape index (κ2) is 9.27. The number of carbonyl (C=O) groups is 1. The lowest BCUT2D eigenvalue weighted by Gasteiger charge is -2.22. The van der Waals surface area contributed by atoms with E-state index in [-0.39, 0.29) is 18.1 Å². The SMILES string of the molecule is [2H][C@@H](C)[C@H]1O[C@@H](n2cc(C)c(=O)[nH]c2=O)[C@H](OCC(=O)NCCN(C)C)[C@@H]1O. The molecule has 1 aliphatic rings. The largest absolute Gasteiger partial charge is 0.388 e. The number of nitrogens with one attached hydrogen (secondary N) is 2. The molecule has 2 rings (SSSR count). The van der Waals surface area contributed by atoms with Gasteiger partial charge in [-0.05, 0) is 27.4 Å². The Morgan fingerprint density at radius 2 is 2.22 bits per heavy atom. The first-order valence-corrected chi connectivity index (χ1v) is 8.72. The summed E-state index contributed by atoms with van der Waals surface area (Å²) in [6, 6.07) is 0. The minimum Gasteiger partial charge on any atom is -0.388 e. The van der Waals surface area contributed by atoms with Gasteiger partial charge in [0.1, 0.15) is 18.8 Å². The lowest BCUT2D eigenvalue weighted by molar-refractivity contribution is -0.133. The quantitative estimate of drug-likeness (QED) is 0.501. The predicted molar refractivity (Wildman–Crippen MR) is 97.6 cm³/mol. The molecule has 3 N–H and O–H groups in total. The first-order valence-electron chi connectivity index (χ1n) is 9.30. The summed E-state index contributed by atoms with van der Waals surface area (Å²) in [5.41, 5.74) is -0.974. The zero-order chi connectivity index (χ0) is 21.0. The highest BCUT2D eigenvalue weighted by Crippen LogP contribution is 2.32. The Morgan fingerprint density at radius 1 is 1.52 bits per heavy atom. The van der Waals surface area contributed by atoms with Crippen LogP contribution in [-0.2, 0) is 14.3 Å². The van der Waals surface area contributed by atoms with Crippen molar-refractivity contribution in [2.45, 2.75) is 44.8 Å². The van der Waals surface area contributed by atoms with E-state index in [2.05, 4.69) is 10.3 Å². The number of hydrogen-bond donors (Lipinski definition) is 3. The van der Waals surface area contributed by atoms with E-state index in [9.17, 15) is 19.5 Å². The predicted octanol–water partition coefficient (Wildman–Crippen LogP) is -1.42. The maximum absolute atomic E-state index is 12.2. The molecule has 10 nitrogen and oxygen atoms in total. The summed E-state index contributed by atoms with van der Waals surface area (Å²) >= 11 is 0. The number of carbonyl (C=O) groups excluding carboxylic acids is 1. The molecule has 1 amide bonds. The highest BCUT2D eigenvalue weighted by molar-refractivity contribution is 5.77. The van der Waals surface area contributed by atoms with Gasteiger partial charge in [-0.15, -0.1) is 0 Å². The fourth-order valence-corrected chi connectivity index (χ4v) is 2.77. The Hall–Kier alpha value is -2.01. The van der Waals surface area contributed by atoms with E-state index in [1.165, 1.54) is 13.1 Å². The van der Waals surface area contributed by atoms with Gasteiger partial charge >= 0.3 is 5.69 Å². The van der Waals surface area contributed by atoms with Crippen LogP contribution in [0.3, 0.4) is 0 Å². The van der Waals surface area contributed by atoms with Crippen molar-refractivity contribution < 1.29 is 20.7 Å². The van der Waals surface area contributed by atoms with Gasteiger partial charge in [0.2, 0.25) is 5.91 Å². The molecule has 0 aromatic carbocycles. The molecule has 152 valence electrons. The number of aryl methyl sites for hydroxylation is 1. The molecule has 5 atom stereocenters. The van der Waals surface area contributed by atoms with Crippen LogP contribution in [0.25, 0.3) is 0 Å². The van der Waals surface area contributed by atoms with Gasteiger partial charge in [0.25, 0.3) is 5.56 Å². The van der Waals surface area contributed by atoms with Crippen LogP contribution in [0, 0.1) is 6.92 Å². The number of aromatic amines is 1. The van der Waals surface area contributed by atoms with Crippen LogP contribution in [0.1, 0.15) is 26.5 Å². The third-order valence-corrected chi connectivity index (χ3v) is 4.29. The summed E-state index contributed by atoms with van der Waals surface area (Å²) in [4.78, 5) is 39.9. The van der Waals surface area contributed by atoms with Crippen molar-refractivity contribution in [3.8, 4) is 0 Å². The van der Waals surface area contributed by atoms with Crippen molar-refractivity contribution in [3.05, 3.63) is 32.6 Å². The molecule has 1 aromatic rings. The highest BCUT2D eigenvalue weighted by atomic mass is 16.6. The van der Waals surface area contributed by atoms with Crippen LogP contribution in [0.4, 0.5) is 0 Å². The zero-order valence-corrected chi connectivity index (χ0v) is 16.0. The molecule has 0 unspecified atom stereocenters. The zero-order valence-electron chi connectivity index (χ0n) is 17.0. The fourth-order valence-electron chi connectivity index (χ4n) is 2.77. The van der Waals surface area contributed by atoms with Gasteiger partial charge in [0.15, 0.2) is 6.23 Å². The van der Waals surface area contributed by atoms with Crippen molar-refractivity contribution >= 4 is 5.91 Å². The van der Waals surface area contributed by atoms with Crippen molar-refractivity contribution in [1.82, 2.24) is 19.8 Å². The summed E-state index contributed by atoms with van der Waals surface area (Å²) in [5.74, 6) is -0.375. The Labute approximate surface area is 158 Å². The van der Waals surface area contributed by atoms with Gasteiger partial charge in [-0.2, -0.15) is 0 Å². The minimum absolute atomic E-state index is 0.278. The lowest BCUT2D eigenvalue weighted by atomic mass is 10.1. The first-order chi connectivity index (χ1) is 13.1. The first kappa shape index (κ1) is 19.7. The average Bonchev–Trinajstić information content (AvgIpc) is 2.92. The molecule has 1 aromatic heterocycles. The summed E-state index contributed by atoms with van der Waals surface area (Å²) in [5, 5.41) is 13.2. The number of rotatable bonds is 8. The number of ether oxygens (including phenoxy) is 2. The van der Waals surface area contributed by atoms with Crippen LogP contribution in [0.2, 0.25) is 0 Å². The number of amides is 1. The molecule has 2 heterocycles. The molecule has 27 heavy (non-hydrogen) atoms. The Morgan fingerprint density at radius 3 is 2.85 bits per heavy atom. The topological polar surface area (TPSA) is 126 Å². The van der Waals surface area contributed by atoms with E-state index in [0.29, 0.717) is 13.1 Å². The number of likely N-dealkylation sites (N-methyl/N-ethyl adjacent to an activating group) is 1. The van der Waals surface area contributed by atoms with Crippen LogP contribution in [0.5, 0.6) is 0 Å². The summed E-state index contributed by atoms with van der Waals surface area (Å²) in [7, 11) is 3.76. The van der Waals surface area contributed by atoms with Crippen LogP contribution in [-0.4, -0.2) is 77.6 Å². The van der Waals surface area contributed by atoms with Gasteiger partial charge in [0, 0.05) is 26.2 Å². The molecule has 1 fully saturated rings. The Kier molecular flexibility index (Phi) is 6.78. The van der Waals surface area contributed by atoms with E-state index in [0.717, 1.165) is 4.57 Å². The van der Waals surface area contributed by atoms with Crippen molar-refractivity contribution in [2.24, 2.45) is 0 Å². The number of nitrogens with zero attached hydrogens (tertiary/aromatic N) is 2. The highest BCUT2D eigenvalue weighted by Gasteiger charge is 2.45. The monoisotopic (exact) mass is 385 g/mol. The summed E-state index contributed by atoms with van der Waals surface area (Å²) in [6.45, 7) is 3.83. The molecule has 1 saturated heterocycles. The number of aliphatic hydroxyl groups is 1. The second-order valence-corrected chi connectivity index (χ2v) is 6.72. The maximum Gasteiger partial charge on any atom is 0.330 e. The summed E-state index contributed by atoms with van der Waals surface area (Å²) in [6.07, 6.45) is -3.74. The fraction of sp³-hybridized carbons (Fsp3) is 0.706. The molecular weight excluding hydrogens is 356 g/mol. The van der Waals surface area contributed by atoms with Gasteiger partial charge < -0.3 is 24.8 Å². The van der Waals surface area contributed by atoms with E-state index < -0.39 is 42.2 Å². The van der Waals surface area contributed by atoms with Crippen molar-refractivity contribution in [1.29, 1.82) is 0 Å². The van der Waals surface area contributed by atoms with Crippen molar-refractivity contribution in [2.75, 3.05) is 33.8 Å². The van der Waals surface area contributed by atoms with Crippen LogP contribution in [0.15, 0.2) is 15.8 Å². The number of aliphatic hydroxyl groups excluding tert-OH is 1. The minimum atomic E-state index is -1.22. The van der Waals surface area contributed by atoms with Crippen LogP contribution < -0.4 is 16.6 Å². The van der Waals surface area contributed by atoms with Crippen molar-refractivity contribution in [3.63, 3.8) is 0 Å². The number of hydrogen-bond acceptors (Lipinski definition) is 7. The second-order valence-electron chi connectivity index (χ2n) is 6.72. The molecule has 10 heteroatoms. The third kappa shape index (κ3) is 5.25. The molecule has 0 aliphatic carbocycles. The molecule has 1 aliphatic heterocycles. The lowest BCUT2D eigenvalue weighted by Crippen LogP contribution is -2.42. The van der Waals surface area contributed by atoms with Gasteiger partial charge in [-0.3, -0.25) is 19.1 Å².